The molecule has 1 aliphatic heterocycles. The molecule has 0 saturated carbocycles. The third-order valence-corrected chi connectivity index (χ3v) is 4.74. The average Bonchev–Trinajstić information content (AvgIpc) is 2.68. The van der Waals surface area contributed by atoms with Gasteiger partial charge in [-0.25, -0.2) is 0 Å². The van der Waals surface area contributed by atoms with Crippen molar-refractivity contribution in [1.82, 2.24) is 10.2 Å². The molecule has 1 aliphatic rings. The molecule has 2 aromatic rings. The fourth-order valence-electron chi connectivity index (χ4n) is 3.34. The lowest BCUT2D eigenvalue weighted by atomic mass is 9.96. The molecule has 1 saturated heterocycles. The molecule has 1 fully saturated rings. The van der Waals surface area contributed by atoms with Crippen molar-refractivity contribution in [2.45, 2.75) is 18.9 Å². The van der Waals surface area contributed by atoms with Crippen LogP contribution < -0.4 is 10.1 Å². The van der Waals surface area contributed by atoms with E-state index in [0.29, 0.717) is 5.92 Å². The van der Waals surface area contributed by atoms with Crippen molar-refractivity contribution < 1.29 is 9.53 Å². The summed E-state index contributed by atoms with van der Waals surface area (Å²) in [6, 6.07) is 19.3. The molecule has 0 bridgehead atoms. The van der Waals surface area contributed by atoms with Crippen molar-refractivity contribution >= 4 is 18.3 Å². The molecule has 0 spiro atoms. The molecule has 0 aromatic heterocycles. The first kappa shape index (κ1) is 20.3. The summed E-state index contributed by atoms with van der Waals surface area (Å²) in [5.41, 5.74) is 0.897. The Labute approximate surface area is 162 Å². The maximum absolute atomic E-state index is 13.2. The van der Waals surface area contributed by atoms with E-state index in [1.54, 1.807) is 0 Å². The van der Waals surface area contributed by atoms with Crippen molar-refractivity contribution in [3.8, 4) is 5.75 Å². The molecule has 1 heterocycles. The third-order valence-electron chi connectivity index (χ3n) is 4.74. The number of halogens is 1. The highest BCUT2D eigenvalue weighted by atomic mass is 35.5. The first-order valence-corrected chi connectivity index (χ1v) is 8.98. The van der Waals surface area contributed by atoms with Gasteiger partial charge in [-0.05, 0) is 44.5 Å². The molecule has 1 atom stereocenters. The molecule has 1 amide bonds. The Balaban J connectivity index is 0.00000243. The summed E-state index contributed by atoms with van der Waals surface area (Å²) in [6.07, 6.45) is 1.49. The summed E-state index contributed by atoms with van der Waals surface area (Å²) < 4.78 is 6.09. The van der Waals surface area contributed by atoms with Gasteiger partial charge in [0.1, 0.15) is 5.75 Å². The fourth-order valence-corrected chi connectivity index (χ4v) is 3.34. The lowest BCUT2D eigenvalue weighted by Gasteiger charge is -2.34. The quantitative estimate of drug-likeness (QED) is 0.838. The van der Waals surface area contributed by atoms with Crippen LogP contribution in [0.2, 0.25) is 0 Å². The number of carbonyl (C=O) groups is 1. The van der Waals surface area contributed by atoms with Gasteiger partial charge < -0.3 is 15.0 Å². The summed E-state index contributed by atoms with van der Waals surface area (Å²) >= 11 is 0. The summed E-state index contributed by atoms with van der Waals surface area (Å²) in [5, 5.41) is 3.23. The Morgan fingerprint density at radius 2 is 1.65 bits per heavy atom. The number of hydrogen-bond acceptors (Lipinski definition) is 3. The Hall–Kier alpha value is -2.04. The zero-order chi connectivity index (χ0) is 17.5. The van der Waals surface area contributed by atoms with Gasteiger partial charge in [0.2, 0.25) is 6.10 Å². The van der Waals surface area contributed by atoms with Gasteiger partial charge >= 0.3 is 0 Å². The number of nitrogens with one attached hydrogen (secondary N) is 1. The number of amides is 1. The number of carbonyl (C=O) groups excluding carboxylic acids is 1. The largest absolute Gasteiger partial charge is 0.476 e. The van der Waals surface area contributed by atoms with Crippen LogP contribution in [-0.4, -0.2) is 37.5 Å². The minimum absolute atomic E-state index is 0. The smallest absolute Gasteiger partial charge is 0.268 e. The lowest BCUT2D eigenvalue weighted by Crippen LogP contribution is -2.43. The number of ether oxygens (including phenoxy) is 1. The number of rotatable bonds is 6. The van der Waals surface area contributed by atoms with Crippen LogP contribution in [-0.2, 0) is 4.79 Å². The Kier molecular flexibility index (Phi) is 7.95. The van der Waals surface area contributed by atoms with Crippen LogP contribution in [0.15, 0.2) is 60.7 Å². The molecule has 1 N–H and O–H groups in total. The van der Waals surface area contributed by atoms with Gasteiger partial charge in [-0.1, -0.05) is 48.5 Å². The first-order chi connectivity index (χ1) is 12.3. The van der Waals surface area contributed by atoms with Crippen LogP contribution in [0.25, 0.3) is 0 Å². The highest BCUT2D eigenvalue weighted by Gasteiger charge is 2.30. The number of para-hydroxylation sites is 1. The molecular weight excluding hydrogens is 348 g/mol. The molecule has 2 aromatic carbocycles. The molecule has 26 heavy (non-hydrogen) atoms. The zero-order valence-corrected chi connectivity index (χ0v) is 16.0. The highest BCUT2D eigenvalue weighted by Crippen LogP contribution is 2.26. The summed E-state index contributed by atoms with van der Waals surface area (Å²) in [5.74, 6) is 1.42. The van der Waals surface area contributed by atoms with Gasteiger partial charge in [-0.15, -0.1) is 12.4 Å². The van der Waals surface area contributed by atoms with Crippen molar-refractivity contribution in [3.05, 3.63) is 66.2 Å². The Bertz CT molecular complexity index is 658. The van der Waals surface area contributed by atoms with E-state index in [0.717, 1.165) is 43.8 Å². The second-order valence-corrected chi connectivity index (χ2v) is 6.55. The third kappa shape index (κ3) is 5.23. The van der Waals surface area contributed by atoms with Crippen LogP contribution in [0.3, 0.4) is 0 Å². The number of likely N-dealkylation sites (tertiary alicyclic amines) is 1. The standard InChI is InChI=1S/C21H26N2O2.ClH/c1-22-16-17-12-14-23(15-13-17)21(24)20(18-8-4-2-5-9-18)25-19-10-6-3-7-11-19;/h2-11,17,20,22H,12-16H2,1H3;1H. The van der Waals surface area contributed by atoms with E-state index in [1.807, 2.05) is 72.6 Å². The molecule has 1 unspecified atom stereocenters. The lowest BCUT2D eigenvalue weighted by molar-refractivity contribution is -0.140. The van der Waals surface area contributed by atoms with Gasteiger partial charge in [0.25, 0.3) is 5.91 Å². The van der Waals surface area contributed by atoms with Crippen molar-refractivity contribution in [2.75, 3.05) is 26.7 Å². The normalized spacial score (nSPS) is 15.8. The van der Waals surface area contributed by atoms with Gasteiger partial charge in [0.15, 0.2) is 0 Å². The van der Waals surface area contributed by atoms with Gasteiger partial charge in [-0.3, -0.25) is 4.79 Å². The van der Waals surface area contributed by atoms with Crippen LogP contribution in [0.4, 0.5) is 0 Å². The van der Waals surface area contributed by atoms with Crippen molar-refractivity contribution in [1.29, 1.82) is 0 Å². The predicted octanol–water partition coefficient (Wildman–Crippen LogP) is 3.69. The first-order valence-electron chi connectivity index (χ1n) is 8.98. The molecular formula is C21H27ClN2O2. The fraction of sp³-hybridized carbons (Fsp3) is 0.381. The molecule has 4 nitrogen and oxygen atoms in total. The van der Waals surface area contributed by atoms with E-state index in [4.69, 9.17) is 4.74 Å². The minimum Gasteiger partial charge on any atom is -0.476 e. The number of benzene rings is 2. The van der Waals surface area contributed by atoms with E-state index in [1.165, 1.54) is 0 Å². The van der Waals surface area contributed by atoms with Crippen LogP contribution >= 0.6 is 12.4 Å². The van der Waals surface area contributed by atoms with E-state index in [2.05, 4.69) is 5.32 Å². The van der Waals surface area contributed by atoms with Crippen molar-refractivity contribution in [2.24, 2.45) is 5.92 Å². The molecule has 140 valence electrons. The second kappa shape index (κ2) is 10.2. The second-order valence-electron chi connectivity index (χ2n) is 6.55. The molecule has 0 aliphatic carbocycles. The van der Waals surface area contributed by atoms with E-state index >= 15 is 0 Å². The van der Waals surface area contributed by atoms with Gasteiger partial charge in [0, 0.05) is 18.7 Å². The van der Waals surface area contributed by atoms with Gasteiger partial charge in [-0.2, -0.15) is 0 Å². The summed E-state index contributed by atoms with van der Waals surface area (Å²) in [7, 11) is 1.98. The van der Waals surface area contributed by atoms with E-state index in [-0.39, 0.29) is 18.3 Å². The maximum atomic E-state index is 13.2. The van der Waals surface area contributed by atoms with Crippen LogP contribution in [0.5, 0.6) is 5.75 Å². The number of nitrogens with zero attached hydrogens (tertiary/aromatic N) is 1. The molecule has 5 heteroatoms. The minimum atomic E-state index is -0.593. The van der Waals surface area contributed by atoms with Crippen LogP contribution in [0, 0.1) is 5.92 Å². The molecule has 3 rings (SSSR count). The zero-order valence-electron chi connectivity index (χ0n) is 15.1. The van der Waals surface area contributed by atoms with E-state index < -0.39 is 6.10 Å². The Morgan fingerprint density at radius 1 is 1.08 bits per heavy atom. The highest BCUT2D eigenvalue weighted by molar-refractivity contribution is 5.85. The number of hydrogen-bond donors (Lipinski definition) is 1. The monoisotopic (exact) mass is 374 g/mol. The summed E-state index contributed by atoms with van der Waals surface area (Å²) in [6.45, 7) is 2.62. The Morgan fingerprint density at radius 3 is 2.23 bits per heavy atom. The maximum Gasteiger partial charge on any atom is 0.268 e. The predicted molar refractivity (Wildman–Crippen MR) is 107 cm³/mol. The average molecular weight is 375 g/mol. The van der Waals surface area contributed by atoms with Gasteiger partial charge in [0.05, 0.1) is 0 Å². The number of piperidine rings is 1. The van der Waals surface area contributed by atoms with Crippen molar-refractivity contribution in [3.63, 3.8) is 0 Å². The molecule has 0 radical (unpaired) electrons. The topological polar surface area (TPSA) is 41.6 Å². The SMILES string of the molecule is CNCC1CCN(C(=O)C(Oc2ccccc2)c2ccccc2)CC1.Cl. The van der Waals surface area contributed by atoms with E-state index in [9.17, 15) is 4.79 Å². The van der Waals surface area contributed by atoms with Crippen LogP contribution in [0.1, 0.15) is 24.5 Å². The summed E-state index contributed by atoms with van der Waals surface area (Å²) in [4.78, 5) is 15.1.